The molecule has 0 saturated carbocycles. The second kappa shape index (κ2) is 6.80. The number of anilines is 2. The summed E-state index contributed by atoms with van der Waals surface area (Å²) >= 11 is 0. The van der Waals surface area contributed by atoms with E-state index in [1.165, 1.54) is 0 Å². The quantitative estimate of drug-likeness (QED) is 0.892. The molecule has 1 aromatic rings. The summed E-state index contributed by atoms with van der Waals surface area (Å²) in [6.07, 6.45) is 0.634. The number of carbonyl (C=O) groups excluding carboxylic acids is 1. The Balaban J connectivity index is 1.94. The van der Waals surface area contributed by atoms with Gasteiger partial charge in [0.2, 0.25) is 0 Å². The molecular formula is C16H24N2O3. The van der Waals surface area contributed by atoms with Crippen molar-refractivity contribution in [2.24, 2.45) is 5.92 Å². The van der Waals surface area contributed by atoms with Gasteiger partial charge in [0, 0.05) is 19.1 Å². The standard InChI is InChI=1S/C16H24N2O3/c1-16(2,3)21-15(19)18-14-7-5-4-6-13(14)17-10-12-8-9-20-11-12/h4-7,12,17H,8-11H2,1-3H3,(H,18,19). The number of benzene rings is 1. The SMILES string of the molecule is CC(C)(C)OC(=O)Nc1ccccc1NCC1CCOC1. The van der Waals surface area contributed by atoms with E-state index >= 15 is 0 Å². The molecule has 0 aromatic heterocycles. The first-order valence-electron chi connectivity index (χ1n) is 7.35. The van der Waals surface area contributed by atoms with Crippen LogP contribution in [0, 0.1) is 5.92 Å². The minimum Gasteiger partial charge on any atom is -0.444 e. The van der Waals surface area contributed by atoms with Crippen molar-refractivity contribution in [2.75, 3.05) is 30.4 Å². The number of para-hydroxylation sites is 2. The molecular weight excluding hydrogens is 268 g/mol. The minimum absolute atomic E-state index is 0.444. The van der Waals surface area contributed by atoms with Gasteiger partial charge in [0.15, 0.2) is 0 Å². The van der Waals surface area contributed by atoms with Crippen molar-refractivity contribution in [1.29, 1.82) is 0 Å². The van der Waals surface area contributed by atoms with Crippen LogP contribution in [-0.4, -0.2) is 31.5 Å². The summed E-state index contributed by atoms with van der Waals surface area (Å²) in [5, 5.41) is 6.16. The van der Waals surface area contributed by atoms with Crippen LogP contribution in [0.15, 0.2) is 24.3 Å². The van der Waals surface area contributed by atoms with E-state index in [4.69, 9.17) is 9.47 Å². The first-order chi connectivity index (χ1) is 9.94. The molecule has 1 aliphatic rings. The summed E-state index contributed by atoms with van der Waals surface area (Å²) in [4.78, 5) is 11.9. The molecule has 2 N–H and O–H groups in total. The molecule has 1 atom stereocenters. The van der Waals surface area contributed by atoms with Gasteiger partial charge in [-0.3, -0.25) is 5.32 Å². The number of ether oxygens (including phenoxy) is 2. The Morgan fingerprint density at radius 2 is 2.05 bits per heavy atom. The van der Waals surface area contributed by atoms with Gasteiger partial charge in [0.1, 0.15) is 5.60 Å². The van der Waals surface area contributed by atoms with Gasteiger partial charge >= 0.3 is 6.09 Å². The molecule has 0 radical (unpaired) electrons. The summed E-state index contributed by atoms with van der Waals surface area (Å²) in [6, 6.07) is 7.63. The fourth-order valence-electron chi connectivity index (χ4n) is 2.16. The van der Waals surface area contributed by atoms with E-state index in [0.29, 0.717) is 5.92 Å². The highest BCUT2D eigenvalue weighted by molar-refractivity contribution is 5.89. The Kier molecular flexibility index (Phi) is 5.07. The maximum atomic E-state index is 11.9. The molecule has 5 heteroatoms. The molecule has 1 fully saturated rings. The van der Waals surface area contributed by atoms with Crippen LogP contribution in [0.3, 0.4) is 0 Å². The van der Waals surface area contributed by atoms with Crippen molar-refractivity contribution in [3.63, 3.8) is 0 Å². The molecule has 2 rings (SSSR count). The number of rotatable bonds is 4. The van der Waals surface area contributed by atoms with E-state index in [9.17, 15) is 4.79 Å². The van der Waals surface area contributed by atoms with Gasteiger partial charge in [0.25, 0.3) is 0 Å². The van der Waals surface area contributed by atoms with Crippen LogP contribution in [0.25, 0.3) is 0 Å². The number of hydrogen-bond donors (Lipinski definition) is 2. The normalized spacial score (nSPS) is 18.3. The molecule has 0 spiro atoms. The number of hydrogen-bond acceptors (Lipinski definition) is 4. The van der Waals surface area contributed by atoms with E-state index in [-0.39, 0.29) is 0 Å². The highest BCUT2D eigenvalue weighted by atomic mass is 16.6. The van der Waals surface area contributed by atoms with Gasteiger partial charge in [-0.25, -0.2) is 4.79 Å². The smallest absolute Gasteiger partial charge is 0.412 e. The average molecular weight is 292 g/mol. The molecule has 0 bridgehead atoms. The summed E-state index contributed by atoms with van der Waals surface area (Å²) < 4.78 is 10.6. The first-order valence-corrected chi connectivity index (χ1v) is 7.35. The fraction of sp³-hybridized carbons (Fsp3) is 0.562. The lowest BCUT2D eigenvalue weighted by atomic mass is 10.1. The average Bonchev–Trinajstić information content (AvgIpc) is 2.88. The molecule has 0 aliphatic carbocycles. The van der Waals surface area contributed by atoms with Crippen molar-refractivity contribution >= 4 is 17.5 Å². The van der Waals surface area contributed by atoms with Gasteiger partial charge in [-0.05, 0) is 39.3 Å². The molecule has 1 aliphatic heterocycles. The number of amides is 1. The summed E-state index contributed by atoms with van der Waals surface area (Å²) in [7, 11) is 0. The monoisotopic (exact) mass is 292 g/mol. The molecule has 5 nitrogen and oxygen atoms in total. The Morgan fingerprint density at radius 1 is 1.33 bits per heavy atom. The van der Waals surface area contributed by atoms with Crippen LogP contribution in [0.2, 0.25) is 0 Å². The van der Waals surface area contributed by atoms with Crippen LogP contribution < -0.4 is 10.6 Å². The zero-order valence-electron chi connectivity index (χ0n) is 12.9. The third-order valence-electron chi connectivity index (χ3n) is 3.17. The number of nitrogens with one attached hydrogen (secondary N) is 2. The van der Waals surface area contributed by atoms with Crippen LogP contribution in [0.1, 0.15) is 27.2 Å². The van der Waals surface area contributed by atoms with E-state index in [1.807, 2.05) is 45.0 Å². The molecule has 116 valence electrons. The lowest BCUT2D eigenvalue weighted by molar-refractivity contribution is 0.0636. The lowest BCUT2D eigenvalue weighted by Gasteiger charge is -2.21. The van der Waals surface area contributed by atoms with Gasteiger partial charge in [-0.1, -0.05) is 12.1 Å². The van der Waals surface area contributed by atoms with E-state index in [2.05, 4.69) is 10.6 Å². The van der Waals surface area contributed by atoms with Crippen molar-refractivity contribution in [3.8, 4) is 0 Å². The predicted octanol–water partition coefficient (Wildman–Crippen LogP) is 3.48. The molecule has 1 amide bonds. The Hall–Kier alpha value is -1.75. The third kappa shape index (κ3) is 5.27. The summed E-state index contributed by atoms with van der Waals surface area (Å²) in [5.74, 6) is 0.527. The second-order valence-corrected chi connectivity index (χ2v) is 6.28. The van der Waals surface area contributed by atoms with Gasteiger partial charge in [-0.2, -0.15) is 0 Å². The third-order valence-corrected chi connectivity index (χ3v) is 3.17. The van der Waals surface area contributed by atoms with Gasteiger partial charge in [0.05, 0.1) is 18.0 Å². The lowest BCUT2D eigenvalue weighted by Crippen LogP contribution is -2.27. The molecule has 21 heavy (non-hydrogen) atoms. The fourth-order valence-corrected chi connectivity index (χ4v) is 2.16. The zero-order valence-corrected chi connectivity index (χ0v) is 12.9. The molecule has 1 saturated heterocycles. The molecule has 1 unspecified atom stereocenters. The second-order valence-electron chi connectivity index (χ2n) is 6.28. The largest absolute Gasteiger partial charge is 0.444 e. The summed E-state index contributed by atoms with van der Waals surface area (Å²) in [5.41, 5.74) is 1.12. The summed E-state index contributed by atoms with van der Waals surface area (Å²) in [6.45, 7) is 8.01. The topological polar surface area (TPSA) is 59.6 Å². The van der Waals surface area contributed by atoms with Crippen LogP contribution in [-0.2, 0) is 9.47 Å². The van der Waals surface area contributed by atoms with Gasteiger partial charge in [-0.15, -0.1) is 0 Å². The van der Waals surface area contributed by atoms with Crippen molar-refractivity contribution in [1.82, 2.24) is 0 Å². The Labute approximate surface area is 126 Å². The zero-order chi connectivity index (χ0) is 15.3. The highest BCUT2D eigenvalue weighted by Gasteiger charge is 2.18. The predicted molar refractivity (Wildman–Crippen MR) is 83.7 cm³/mol. The Bertz CT molecular complexity index is 477. The van der Waals surface area contributed by atoms with E-state index < -0.39 is 11.7 Å². The number of carbonyl (C=O) groups is 1. The Morgan fingerprint density at radius 3 is 2.67 bits per heavy atom. The van der Waals surface area contributed by atoms with Crippen molar-refractivity contribution in [2.45, 2.75) is 32.8 Å². The highest BCUT2D eigenvalue weighted by Crippen LogP contribution is 2.23. The van der Waals surface area contributed by atoms with Crippen molar-refractivity contribution < 1.29 is 14.3 Å². The van der Waals surface area contributed by atoms with Crippen LogP contribution in [0.5, 0.6) is 0 Å². The molecule has 1 aromatic carbocycles. The van der Waals surface area contributed by atoms with E-state index in [0.717, 1.165) is 37.6 Å². The maximum Gasteiger partial charge on any atom is 0.412 e. The van der Waals surface area contributed by atoms with Crippen LogP contribution >= 0.6 is 0 Å². The minimum atomic E-state index is -0.506. The van der Waals surface area contributed by atoms with Crippen molar-refractivity contribution in [3.05, 3.63) is 24.3 Å². The van der Waals surface area contributed by atoms with Gasteiger partial charge < -0.3 is 14.8 Å². The molecule has 1 heterocycles. The maximum absolute atomic E-state index is 11.9. The van der Waals surface area contributed by atoms with Crippen LogP contribution in [0.4, 0.5) is 16.2 Å². The first kappa shape index (κ1) is 15.6. The van der Waals surface area contributed by atoms with E-state index in [1.54, 1.807) is 0 Å².